The van der Waals surface area contributed by atoms with Gasteiger partial charge in [-0.2, -0.15) is 0 Å². The summed E-state index contributed by atoms with van der Waals surface area (Å²) in [5.41, 5.74) is 10.8. The number of phenols is 2. The van der Waals surface area contributed by atoms with Gasteiger partial charge in [0.15, 0.2) is 0 Å². The van der Waals surface area contributed by atoms with E-state index in [2.05, 4.69) is 196 Å². The summed E-state index contributed by atoms with van der Waals surface area (Å²) in [6, 6.07) is 21.8. The van der Waals surface area contributed by atoms with Crippen LogP contribution in [-0.2, 0) is 32.5 Å². The predicted molar refractivity (Wildman–Crippen MR) is 227 cm³/mol. The fourth-order valence-electron chi connectivity index (χ4n) is 6.46. The third-order valence-corrected chi connectivity index (χ3v) is 10.2. The number of rotatable bonds is 5. The molecule has 0 aliphatic heterocycles. The van der Waals surface area contributed by atoms with Gasteiger partial charge >= 0.3 is 0 Å². The van der Waals surface area contributed by atoms with Crippen LogP contribution >= 0.6 is 0 Å². The summed E-state index contributed by atoms with van der Waals surface area (Å²) in [4.78, 5) is 0. The standard InChI is InChI=1S/C48H68N2O2/c1-43(2,3)29-19-21-33(37(25-29)49-39-27-31(45(7,8)9)23-35(41(39)51)47(13,14)15)34-22-20-30(44(4,5)6)26-38(34)50-40-28-32(46(10,11)12)24-36(42(40)52)48(16,17)18/h19-28,49-52H,1-18H3. The van der Waals surface area contributed by atoms with Crippen LogP contribution in [-0.4, -0.2) is 10.2 Å². The molecule has 0 bridgehead atoms. The first-order valence-corrected chi connectivity index (χ1v) is 19.0. The Bertz CT molecular complexity index is 1800. The lowest BCUT2D eigenvalue weighted by molar-refractivity contribution is 0.446. The first kappa shape index (κ1) is 40.8. The number of benzene rings is 4. The normalized spacial score (nSPS) is 13.3. The zero-order valence-electron chi connectivity index (χ0n) is 35.7. The van der Waals surface area contributed by atoms with Crippen LogP contribution in [0.25, 0.3) is 11.1 Å². The minimum absolute atomic E-state index is 0.0967. The Balaban J connectivity index is 2.05. The summed E-state index contributed by atoms with van der Waals surface area (Å²) >= 11 is 0. The van der Waals surface area contributed by atoms with E-state index in [0.29, 0.717) is 11.4 Å². The highest BCUT2D eigenvalue weighted by Gasteiger charge is 2.28. The van der Waals surface area contributed by atoms with Crippen molar-refractivity contribution in [2.75, 3.05) is 10.6 Å². The Morgan fingerprint density at radius 1 is 0.327 bits per heavy atom. The molecule has 0 saturated heterocycles. The van der Waals surface area contributed by atoms with E-state index in [4.69, 9.17) is 0 Å². The van der Waals surface area contributed by atoms with Crippen LogP contribution in [0.4, 0.5) is 22.7 Å². The van der Waals surface area contributed by atoms with Crippen LogP contribution in [0, 0.1) is 0 Å². The molecular weight excluding hydrogens is 637 g/mol. The molecule has 4 heteroatoms. The SMILES string of the molecule is CC(C)(C)c1ccc(-c2ccc(C(C)(C)C)cc2Nc2cc(C(C)(C)C)cc(C(C)(C)C)c2O)c(Nc2cc(C(C)(C)C)cc(C(C)(C)C)c2O)c1. The molecule has 0 amide bonds. The zero-order valence-corrected chi connectivity index (χ0v) is 35.7. The highest BCUT2D eigenvalue weighted by atomic mass is 16.3. The van der Waals surface area contributed by atoms with Crippen LogP contribution < -0.4 is 10.6 Å². The quantitative estimate of drug-likeness (QED) is 0.156. The van der Waals surface area contributed by atoms with Gasteiger partial charge in [-0.25, -0.2) is 0 Å². The van der Waals surface area contributed by atoms with Gasteiger partial charge in [0.05, 0.1) is 11.4 Å². The van der Waals surface area contributed by atoms with E-state index in [1.165, 1.54) is 11.1 Å². The smallest absolute Gasteiger partial charge is 0.142 e. The molecule has 52 heavy (non-hydrogen) atoms. The van der Waals surface area contributed by atoms with E-state index in [-0.39, 0.29) is 44.0 Å². The van der Waals surface area contributed by atoms with E-state index in [1.807, 2.05) is 0 Å². The van der Waals surface area contributed by atoms with Crippen molar-refractivity contribution in [3.8, 4) is 22.6 Å². The average Bonchev–Trinajstić information content (AvgIpc) is 2.96. The summed E-state index contributed by atoms with van der Waals surface area (Å²) in [5, 5.41) is 31.2. The molecule has 4 aromatic carbocycles. The maximum absolute atomic E-state index is 11.9. The third-order valence-electron chi connectivity index (χ3n) is 10.2. The highest BCUT2D eigenvalue weighted by molar-refractivity contribution is 5.91. The van der Waals surface area contributed by atoms with Crippen molar-refractivity contribution >= 4 is 22.7 Å². The minimum Gasteiger partial charge on any atom is -0.505 e. The lowest BCUT2D eigenvalue weighted by Crippen LogP contribution is -2.17. The Labute approximate surface area is 316 Å². The highest BCUT2D eigenvalue weighted by Crippen LogP contribution is 2.47. The minimum atomic E-state index is -0.257. The van der Waals surface area contributed by atoms with Gasteiger partial charge in [0.25, 0.3) is 0 Å². The van der Waals surface area contributed by atoms with Crippen molar-refractivity contribution in [1.29, 1.82) is 0 Å². The van der Waals surface area contributed by atoms with Crippen molar-refractivity contribution in [2.45, 2.75) is 157 Å². The van der Waals surface area contributed by atoms with Gasteiger partial charge in [0, 0.05) is 33.6 Å². The number of phenolic OH excluding ortho intramolecular Hbond substituents is 2. The van der Waals surface area contributed by atoms with Crippen LogP contribution in [0.2, 0.25) is 0 Å². The lowest BCUT2D eigenvalue weighted by atomic mass is 9.79. The molecule has 0 aliphatic rings. The fourth-order valence-corrected chi connectivity index (χ4v) is 6.46. The van der Waals surface area contributed by atoms with Crippen LogP contribution in [0.5, 0.6) is 11.5 Å². The van der Waals surface area contributed by atoms with Gasteiger partial charge in [-0.3, -0.25) is 0 Å². The van der Waals surface area contributed by atoms with Crippen molar-refractivity contribution < 1.29 is 10.2 Å². The first-order chi connectivity index (χ1) is 23.4. The largest absolute Gasteiger partial charge is 0.505 e. The second-order valence-corrected chi connectivity index (χ2v) is 21.1. The summed E-state index contributed by atoms with van der Waals surface area (Å²) in [6.45, 7) is 39.5. The van der Waals surface area contributed by atoms with Crippen molar-refractivity contribution in [2.24, 2.45) is 0 Å². The molecular formula is C48H68N2O2. The molecule has 282 valence electrons. The second kappa shape index (κ2) is 13.5. The molecule has 4 aromatic rings. The topological polar surface area (TPSA) is 64.5 Å². The maximum Gasteiger partial charge on any atom is 0.142 e. The zero-order chi connectivity index (χ0) is 39.6. The average molecular weight is 705 g/mol. The van der Waals surface area contributed by atoms with Crippen molar-refractivity contribution in [3.63, 3.8) is 0 Å². The fraction of sp³-hybridized carbons (Fsp3) is 0.500. The van der Waals surface area contributed by atoms with Gasteiger partial charge < -0.3 is 20.8 Å². The molecule has 0 fully saturated rings. The molecule has 0 atom stereocenters. The van der Waals surface area contributed by atoms with E-state index in [9.17, 15) is 10.2 Å². The van der Waals surface area contributed by atoms with Crippen LogP contribution in [0.3, 0.4) is 0 Å². The molecule has 0 saturated carbocycles. The first-order valence-electron chi connectivity index (χ1n) is 19.0. The lowest BCUT2D eigenvalue weighted by Gasteiger charge is -2.29. The molecule has 0 heterocycles. The van der Waals surface area contributed by atoms with E-state index < -0.39 is 0 Å². The van der Waals surface area contributed by atoms with Gasteiger partial charge in [-0.1, -0.05) is 161 Å². The number of anilines is 4. The Morgan fingerprint density at radius 2 is 0.596 bits per heavy atom. The summed E-state index contributed by atoms with van der Waals surface area (Å²) < 4.78 is 0. The molecule has 0 aromatic heterocycles. The van der Waals surface area contributed by atoms with Gasteiger partial charge in [0.1, 0.15) is 11.5 Å². The molecule has 0 unspecified atom stereocenters. The molecule has 0 radical (unpaired) electrons. The summed E-state index contributed by atoms with van der Waals surface area (Å²) in [7, 11) is 0. The molecule has 4 N–H and O–H groups in total. The monoisotopic (exact) mass is 705 g/mol. The number of hydrogen-bond acceptors (Lipinski definition) is 4. The van der Waals surface area contributed by atoms with E-state index >= 15 is 0 Å². The third kappa shape index (κ3) is 8.99. The maximum atomic E-state index is 11.9. The Morgan fingerprint density at radius 3 is 0.846 bits per heavy atom. The van der Waals surface area contributed by atoms with Crippen LogP contribution in [0.1, 0.15) is 158 Å². The summed E-state index contributed by atoms with van der Waals surface area (Å²) in [6.07, 6.45) is 0. The van der Waals surface area contributed by atoms with Crippen molar-refractivity contribution in [1.82, 2.24) is 0 Å². The van der Waals surface area contributed by atoms with E-state index in [1.54, 1.807) is 0 Å². The van der Waals surface area contributed by atoms with Gasteiger partial charge in [-0.15, -0.1) is 0 Å². The number of hydrogen-bond donors (Lipinski definition) is 4. The second-order valence-electron chi connectivity index (χ2n) is 21.1. The molecule has 4 nitrogen and oxygen atoms in total. The predicted octanol–water partition coefficient (Wildman–Crippen LogP) is 14.0. The van der Waals surface area contributed by atoms with Crippen molar-refractivity contribution in [3.05, 3.63) is 94.0 Å². The molecule has 4 rings (SSSR count). The number of aromatic hydroxyl groups is 2. The molecule has 0 aliphatic carbocycles. The number of nitrogens with one attached hydrogen (secondary N) is 2. The van der Waals surface area contributed by atoms with Crippen LogP contribution in [0.15, 0.2) is 60.7 Å². The van der Waals surface area contributed by atoms with Gasteiger partial charge in [-0.05, 0) is 79.0 Å². The Hall–Kier alpha value is -3.92. The van der Waals surface area contributed by atoms with Gasteiger partial charge in [0.2, 0.25) is 0 Å². The Kier molecular flexibility index (Phi) is 10.6. The van der Waals surface area contributed by atoms with E-state index in [0.717, 1.165) is 44.8 Å². The summed E-state index contributed by atoms with van der Waals surface area (Å²) in [5.74, 6) is 0.542. The molecule has 0 spiro atoms.